The number of nitrogens with one attached hydrogen (secondary N) is 1. The Hall–Kier alpha value is -1.16. The summed E-state index contributed by atoms with van der Waals surface area (Å²) in [6.45, 7) is 6.09. The number of rotatable bonds is 7. The number of aliphatic hydroxyl groups is 1. The first-order valence-corrected chi connectivity index (χ1v) is 11.0. The molecule has 3 heteroatoms. The number of benzene rings is 1. The number of nitrogens with zero attached hydrogens (tertiary/aromatic N) is 1. The van der Waals surface area contributed by atoms with Gasteiger partial charge >= 0.3 is 0 Å². The predicted molar refractivity (Wildman–Crippen MR) is 115 cm³/mol. The van der Waals surface area contributed by atoms with E-state index < -0.39 is 0 Å². The number of hydrogen-bond acceptors (Lipinski definition) is 3. The van der Waals surface area contributed by atoms with Gasteiger partial charge in [0, 0.05) is 25.2 Å². The van der Waals surface area contributed by atoms with Crippen molar-refractivity contribution in [2.75, 3.05) is 26.2 Å². The van der Waals surface area contributed by atoms with Gasteiger partial charge in [0.25, 0.3) is 0 Å². The van der Waals surface area contributed by atoms with Crippen molar-refractivity contribution in [2.24, 2.45) is 5.41 Å². The molecule has 150 valence electrons. The maximum atomic E-state index is 8.85. The quantitative estimate of drug-likeness (QED) is 0.743. The Labute approximate surface area is 165 Å². The second-order valence-electron chi connectivity index (χ2n) is 8.69. The highest BCUT2D eigenvalue weighted by Gasteiger charge is 2.46. The van der Waals surface area contributed by atoms with Crippen molar-refractivity contribution in [2.45, 2.75) is 70.4 Å². The number of allylic oxidation sites excluding steroid dienone is 1. The predicted octanol–water partition coefficient (Wildman–Crippen LogP) is 4.48. The summed E-state index contributed by atoms with van der Waals surface area (Å²) in [6.07, 6.45) is 14.8. The fourth-order valence-electron chi connectivity index (χ4n) is 4.46. The van der Waals surface area contributed by atoms with Crippen molar-refractivity contribution in [1.82, 2.24) is 10.2 Å². The first kappa shape index (κ1) is 20.6. The van der Waals surface area contributed by atoms with Gasteiger partial charge < -0.3 is 15.3 Å². The molecule has 1 heterocycles. The Morgan fingerprint density at radius 3 is 2.41 bits per heavy atom. The van der Waals surface area contributed by atoms with Crippen LogP contribution in [0, 0.1) is 5.41 Å². The molecule has 27 heavy (non-hydrogen) atoms. The Bertz CT molecular complexity index is 551. The molecule has 0 amide bonds. The smallest absolute Gasteiger partial charge is 0.0443 e. The number of aliphatic hydroxyl groups excluding tert-OH is 1. The molecule has 0 radical (unpaired) electrons. The van der Waals surface area contributed by atoms with Gasteiger partial charge in [-0.1, -0.05) is 49.4 Å². The van der Waals surface area contributed by atoms with Crippen LogP contribution in [0.1, 0.15) is 63.9 Å². The summed E-state index contributed by atoms with van der Waals surface area (Å²) in [6, 6.07) is 12.1. The zero-order valence-electron chi connectivity index (χ0n) is 17.1. The summed E-state index contributed by atoms with van der Waals surface area (Å²) in [5.41, 5.74) is 1.98. The second-order valence-corrected chi connectivity index (χ2v) is 8.69. The first-order valence-electron chi connectivity index (χ1n) is 11.0. The topological polar surface area (TPSA) is 35.5 Å². The third kappa shape index (κ3) is 6.74. The van der Waals surface area contributed by atoms with E-state index in [0.717, 1.165) is 31.5 Å². The average Bonchev–Trinajstić information content (AvgIpc) is 3.50. The van der Waals surface area contributed by atoms with Crippen molar-refractivity contribution < 1.29 is 5.11 Å². The van der Waals surface area contributed by atoms with Gasteiger partial charge in [0.2, 0.25) is 0 Å². The second kappa shape index (κ2) is 10.4. The summed E-state index contributed by atoms with van der Waals surface area (Å²) in [7, 11) is 0. The third-order valence-electron chi connectivity index (χ3n) is 6.30. The normalized spacial score (nSPS) is 22.4. The fourth-order valence-corrected chi connectivity index (χ4v) is 4.46. The molecule has 3 fully saturated rings. The molecule has 1 saturated heterocycles. The molecule has 3 aliphatic rings. The summed E-state index contributed by atoms with van der Waals surface area (Å²) in [5, 5.41) is 12.6. The highest BCUT2D eigenvalue weighted by molar-refractivity contribution is 5.48. The Kier molecular flexibility index (Phi) is 7.93. The van der Waals surface area contributed by atoms with Crippen LogP contribution in [-0.4, -0.2) is 48.3 Å². The summed E-state index contributed by atoms with van der Waals surface area (Å²) >= 11 is 0. The molecular weight excluding hydrogens is 332 g/mol. The van der Waals surface area contributed by atoms with Gasteiger partial charge in [-0.3, -0.25) is 0 Å². The van der Waals surface area contributed by atoms with Gasteiger partial charge in [0.15, 0.2) is 0 Å². The van der Waals surface area contributed by atoms with Crippen molar-refractivity contribution in [1.29, 1.82) is 0 Å². The van der Waals surface area contributed by atoms with Gasteiger partial charge in [-0.2, -0.15) is 0 Å². The number of likely N-dealkylation sites (tertiary alicyclic amines) is 1. The lowest BCUT2D eigenvalue weighted by Gasteiger charge is -2.52. The molecular formula is C24H38N2O. The van der Waals surface area contributed by atoms with Crippen LogP contribution in [0.2, 0.25) is 0 Å². The summed E-state index contributed by atoms with van der Waals surface area (Å²) < 4.78 is 0. The molecule has 4 rings (SSSR count). The SMILES string of the molecule is CC/C=C\c1ccccc1.OCCCN1CCC2(CC1)CC(NC1CC1)C2. The zero-order chi connectivity index (χ0) is 19.0. The molecule has 0 unspecified atom stereocenters. The van der Waals surface area contributed by atoms with Crippen LogP contribution >= 0.6 is 0 Å². The van der Waals surface area contributed by atoms with Gasteiger partial charge in [-0.05, 0) is 75.4 Å². The monoisotopic (exact) mass is 370 g/mol. The van der Waals surface area contributed by atoms with E-state index in [9.17, 15) is 0 Å². The van der Waals surface area contributed by atoms with Gasteiger partial charge in [0.1, 0.15) is 0 Å². The maximum Gasteiger partial charge on any atom is 0.0443 e. The minimum Gasteiger partial charge on any atom is -0.396 e. The molecule has 1 spiro atoms. The minimum absolute atomic E-state index is 0.342. The van der Waals surface area contributed by atoms with Crippen LogP contribution in [0.4, 0.5) is 0 Å². The molecule has 1 aromatic rings. The lowest BCUT2D eigenvalue weighted by Crippen LogP contribution is -2.54. The number of piperidine rings is 1. The van der Waals surface area contributed by atoms with Gasteiger partial charge in [-0.15, -0.1) is 0 Å². The molecule has 0 bridgehead atoms. The number of hydrogen-bond donors (Lipinski definition) is 2. The summed E-state index contributed by atoms with van der Waals surface area (Å²) in [5.74, 6) is 0. The Morgan fingerprint density at radius 1 is 1.11 bits per heavy atom. The highest BCUT2D eigenvalue weighted by atomic mass is 16.3. The van der Waals surface area contributed by atoms with Crippen LogP contribution in [-0.2, 0) is 0 Å². The molecule has 1 aromatic carbocycles. The van der Waals surface area contributed by atoms with E-state index in [0.29, 0.717) is 12.0 Å². The highest BCUT2D eigenvalue weighted by Crippen LogP contribution is 2.49. The van der Waals surface area contributed by atoms with Crippen molar-refractivity contribution >= 4 is 6.08 Å². The molecule has 0 aromatic heterocycles. The van der Waals surface area contributed by atoms with Crippen molar-refractivity contribution in [3.63, 3.8) is 0 Å². The van der Waals surface area contributed by atoms with Crippen molar-refractivity contribution in [3.05, 3.63) is 42.0 Å². The fraction of sp³-hybridized carbons (Fsp3) is 0.667. The van der Waals surface area contributed by atoms with E-state index in [1.807, 2.05) is 6.07 Å². The average molecular weight is 371 g/mol. The standard InChI is InChI=1S/C14H26N2O.C10H12/c17-9-1-6-16-7-4-14(5-8-16)10-13(11-14)15-12-2-3-12;1-2-3-7-10-8-5-4-6-9-10/h12-13,15,17H,1-11H2;3-9H,2H2,1H3/b;7-3-. The Morgan fingerprint density at radius 2 is 1.81 bits per heavy atom. The first-order chi connectivity index (χ1) is 13.2. The van der Waals surface area contributed by atoms with Crippen LogP contribution in [0.15, 0.2) is 36.4 Å². The van der Waals surface area contributed by atoms with E-state index in [4.69, 9.17) is 5.11 Å². The third-order valence-corrected chi connectivity index (χ3v) is 6.30. The van der Waals surface area contributed by atoms with E-state index in [-0.39, 0.29) is 0 Å². The molecule has 2 N–H and O–H groups in total. The lowest BCUT2D eigenvalue weighted by atomic mass is 9.60. The zero-order valence-corrected chi connectivity index (χ0v) is 17.1. The van der Waals surface area contributed by atoms with E-state index >= 15 is 0 Å². The largest absolute Gasteiger partial charge is 0.396 e. The van der Waals surface area contributed by atoms with Crippen LogP contribution in [0.25, 0.3) is 6.08 Å². The minimum atomic E-state index is 0.342. The molecule has 0 atom stereocenters. The van der Waals surface area contributed by atoms with E-state index in [1.165, 1.54) is 57.2 Å². The molecule has 3 nitrogen and oxygen atoms in total. The Balaban J connectivity index is 0.000000180. The summed E-state index contributed by atoms with van der Waals surface area (Å²) in [4.78, 5) is 2.53. The molecule has 2 saturated carbocycles. The molecule has 2 aliphatic carbocycles. The maximum absolute atomic E-state index is 8.85. The van der Waals surface area contributed by atoms with Gasteiger partial charge in [0.05, 0.1) is 0 Å². The van der Waals surface area contributed by atoms with Gasteiger partial charge in [-0.25, -0.2) is 0 Å². The van der Waals surface area contributed by atoms with Crippen LogP contribution in [0.3, 0.4) is 0 Å². The van der Waals surface area contributed by atoms with Crippen LogP contribution in [0.5, 0.6) is 0 Å². The lowest BCUT2D eigenvalue weighted by molar-refractivity contribution is 0.00438. The van der Waals surface area contributed by atoms with Crippen molar-refractivity contribution in [3.8, 4) is 0 Å². The van der Waals surface area contributed by atoms with E-state index in [2.05, 4.69) is 53.6 Å². The molecule has 1 aliphatic heterocycles. The van der Waals surface area contributed by atoms with Crippen LogP contribution < -0.4 is 5.32 Å². The van der Waals surface area contributed by atoms with E-state index in [1.54, 1.807) is 0 Å².